The van der Waals surface area contributed by atoms with Gasteiger partial charge in [0.05, 0.1) is 0 Å². The van der Waals surface area contributed by atoms with E-state index in [0.29, 0.717) is 5.25 Å². The molecule has 0 aromatic rings. The Morgan fingerprint density at radius 2 is 1.31 bits per heavy atom. The van der Waals surface area contributed by atoms with Gasteiger partial charge in [0.25, 0.3) is 0 Å². The fraction of sp³-hybridized carbons (Fsp3) is 1.00. The van der Waals surface area contributed by atoms with Crippen molar-refractivity contribution in [2.75, 3.05) is 0 Å². The molecule has 0 heterocycles. The quantitative estimate of drug-likeness (QED) is 0.401. The number of thiol groups is 1. The van der Waals surface area contributed by atoms with Gasteiger partial charge >= 0.3 is 0 Å². The van der Waals surface area contributed by atoms with E-state index in [0.717, 1.165) is 0 Å². The Bertz CT molecular complexity index is 91.1. The number of hydrogen-bond donors (Lipinski definition) is 1. The second-order valence-corrected chi connectivity index (χ2v) is 4.73. The van der Waals surface area contributed by atoms with E-state index >= 15 is 0 Å². The lowest BCUT2D eigenvalue weighted by atomic mass is 10.1. The highest BCUT2D eigenvalue weighted by atomic mass is 32.1. The van der Waals surface area contributed by atoms with Crippen LogP contribution in [0.15, 0.2) is 0 Å². The van der Waals surface area contributed by atoms with Gasteiger partial charge in [0.2, 0.25) is 0 Å². The van der Waals surface area contributed by atoms with E-state index in [9.17, 15) is 0 Å². The fourth-order valence-electron chi connectivity index (χ4n) is 1.57. The molecule has 0 amide bonds. The minimum atomic E-state index is 0.668. The summed E-state index contributed by atoms with van der Waals surface area (Å²) in [7, 11) is 0. The zero-order valence-electron chi connectivity index (χ0n) is 9.39. The van der Waals surface area contributed by atoms with Crippen molar-refractivity contribution in [3.8, 4) is 0 Å². The molecule has 0 nitrogen and oxygen atoms in total. The van der Waals surface area contributed by atoms with Gasteiger partial charge in [-0.25, -0.2) is 0 Å². The van der Waals surface area contributed by atoms with Crippen LogP contribution < -0.4 is 0 Å². The van der Waals surface area contributed by atoms with E-state index in [-0.39, 0.29) is 0 Å². The highest BCUT2D eigenvalue weighted by molar-refractivity contribution is 7.80. The molecule has 0 fully saturated rings. The van der Waals surface area contributed by atoms with Gasteiger partial charge in [0, 0.05) is 5.25 Å². The van der Waals surface area contributed by atoms with Gasteiger partial charge in [0.1, 0.15) is 0 Å². The van der Waals surface area contributed by atoms with Crippen molar-refractivity contribution in [2.45, 2.75) is 76.9 Å². The SMILES string of the molecule is CCCCCCCC(S)CCCC. The Hall–Kier alpha value is 0.350. The molecule has 80 valence electrons. The summed E-state index contributed by atoms with van der Waals surface area (Å²) in [6.45, 7) is 4.52. The minimum Gasteiger partial charge on any atom is -0.176 e. The Kier molecular flexibility index (Phi) is 10.7. The normalized spacial score (nSPS) is 13.2. The Balaban J connectivity index is 3.03. The van der Waals surface area contributed by atoms with Gasteiger partial charge in [-0.3, -0.25) is 0 Å². The lowest BCUT2D eigenvalue weighted by Gasteiger charge is -2.08. The Labute approximate surface area is 89.9 Å². The molecular weight excluding hydrogens is 176 g/mol. The van der Waals surface area contributed by atoms with Crippen LogP contribution in [0.2, 0.25) is 0 Å². The summed E-state index contributed by atoms with van der Waals surface area (Å²) < 4.78 is 0. The van der Waals surface area contributed by atoms with Crippen LogP contribution in [0.3, 0.4) is 0 Å². The van der Waals surface area contributed by atoms with E-state index in [1.165, 1.54) is 57.8 Å². The standard InChI is InChI=1S/C12H26S/c1-3-5-7-8-9-11-12(13)10-6-4-2/h12-13H,3-11H2,1-2H3. The molecule has 0 spiro atoms. The zero-order valence-corrected chi connectivity index (χ0v) is 10.3. The van der Waals surface area contributed by atoms with Crippen molar-refractivity contribution in [1.82, 2.24) is 0 Å². The van der Waals surface area contributed by atoms with Crippen LogP contribution in [0.25, 0.3) is 0 Å². The molecule has 0 aliphatic heterocycles. The van der Waals surface area contributed by atoms with Crippen molar-refractivity contribution >= 4 is 12.6 Å². The maximum atomic E-state index is 4.59. The number of unbranched alkanes of at least 4 members (excludes halogenated alkanes) is 5. The van der Waals surface area contributed by atoms with Crippen LogP contribution in [0.1, 0.15) is 71.6 Å². The average molecular weight is 202 g/mol. The smallest absolute Gasteiger partial charge is 0.00168 e. The van der Waals surface area contributed by atoms with Gasteiger partial charge in [-0.15, -0.1) is 0 Å². The number of rotatable bonds is 9. The first-order chi connectivity index (χ1) is 6.31. The molecule has 0 aliphatic carbocycles. The molecule has 0 bridgehead atoms. The molecule has 0 aromatic carbocycles. The zero-order chi connectivity index (χ0) is 9.94. The maximum Gasteiger partial charge on any atom is 0.00168 e. The molecule has 1 unspecified atom stereocenters. The van der Waals surface area contributed by atoms with Gasteiger partial charge in [-0.2, -0.15) is 12.6 Å². The summed E-state index contributed by atoms with van der Waals surface area (Å²) >= 11 is 4.59. The molecule has 0 radical (unpaired) electrons. The molecule has 1 atom stereocenters. The molecule has 0 aliphatic rings. The van der Waals surface area contributed by atoms with E-state index in [4.69, 9.17) is 0 Å². The van der Waals surface area contributed by atoms with Crippen molar-refractivity contribution in [3.05, 3.63) is 0 Å². The summed E-state index contributed by atoms with van der Waals surface area (Å²) in [5.74, 6) is 0. The summed E-state index contributed by atoms with van der Waals surface area (Å²) in [6.07, 6.45) is 12.3. The molecule has 0 saturated heterocycles. The largest absolute Gasteiger partial charge is 0.176 e. The summed E-state index contributed by atoms with van der Waals surface area (Å²) in [5.41, 5.74) is 0. The van der Waals surface area contributed by atoms with Crippen molar-refractivity contribution < 1.29 is 0 Å². The van der Waals surface area contributed by atoms with Gasteiger partial charge in [0.15, 0.2) is 0 Å². The molecule has 0 saturated carbocycles. The van der Waals surface area contributed by atoms with E-state index in [1.54, 1.807) is 0 Å². The van der Waals surface area contributed by atoms with Gasteiger partial charge in [-0.05, 0) is 12.8 Å². The van der Waals surface area contributed by atoms with Crippen LogP contribution in [-0.4, -0.2) is 5.25 Å². The molecule has 0 N–H and O–H groups in total. The predicted molar refractivity (Wildman–Crippen MR) is 65.7 cm³/mol. The topological polar surface area (TPSA) is 0 Å². The van der Waals surface area contributed by atoms with Crippen LogP contribution in [-0.2, 0) is 0 Å². The van der Waals surface area contributed by atoms with E-state index < -0.39 is 0 Å². The predicted octanol–water partition coefficient (Wildman–Crippen LogP) is 4.84. The monoisotopic (exact) mass is 202 g/mol. The molecular formula is C12H26S. The number of hydrogen-bond acceptors (Lipinski definition) is 1. The third-order valence-corrected chi connectivity index (χ3v) is 3.05. The molecule has 0 rings (SSSR count). The first-order valence-electron chi connectivity index (χ1n) is 5.99. The molecule has 1 heteroatoms. The van der Waals surface area contributed by atoms with Crippen LogP contribution in [0.5, 0.6) is 0 Å². The summed E-state index contributed by atoms with van der Waals surface area (Å²) in [5, 5.41) is 0.668. The van der Waals surface area contributed by atoms with Crippen LogP contribution in [0.4, 0.5) is 0 Å². The van der Waals surface area contributed by atoms with E-state index in [1.807, 2.05) is 0 Å². The second kappa shape index (κ2) is 10.4. The maximum absolute atomic E-state index is 4.59. The van der Waals surface area contributed by atoms with Gasteiger partial charge < -0.3 is 0 Å². The minimum absolute atomic E-state index is 0.668. The van der Waals surface area contributed by atoms with Crippen molar-refractivity contribution in [3.63, 3.8) is 0 Å². The highest BCUT2D eigenvalue weighted by Crippen LogP contribution is 2.15. The van der Waals surface area contributed by atoms with Gasteiger partial charge in [-0.1, -0.05) is 58.8 Å². The fourth-order valence-corrected chi connectivity index (χ4v) is 1.93. The van der Waals surface area contributed by atoms with Crippen LogP contribution in [0, 0.1) is 0 Å². The van der Waals surface area contributed by atoms with Crippen LogP contribution >= 0.6 is 12.6 Å². The Morgan fingerprint density at radius 3 is 1.92 bits per heavy atom. The lowest BCUT2D eigenvalue weighted by Crippen LogP contribution is -1.98. The Morgan fingerprint density at radius 1 is 0.769 bits per heavy atom. The van der Waals surface area contributed by atoms with Crippen molar-refractivity contribution in [2.24, 2.45) is 0 Å². The first kappa shape index (κ1) is 13.4. The average Bonchev–Trinajstić information content (AvgIpc) is 2.14. The summed E-state index contributed by atoms with van der Waals surface area (Å²) in [6, 6.07) is 0. The summed E-state index contributed by atoms with van der Waals surface area (Å²) in [4.78, 5) is 0. The first-order valence-corrected chi connectivity index (χ1v) is 6.51. The lowest BCUT2D eigenvalue weighted by molar-refractivity contribution is 0.573. The highest BCUT2D eigenvalue weighted by Gasteiger charge is 2.01. The van der Waals surface area contributed by atoms with Crippen molar-refractivity contribution in [1.29, 1.82) is 0 Å². The second-order valence-electron chi connectivity index (χ2n) is 4.00. The van der Waals surface area contributed by atoms with E-state index in [2.05, 4.69) is 26.5 Å². The third-order valence-electron chi connectivity index (χ3n) is 2.53. The molecule has 0 aromatic heterocycles. The third kappa shape index (κ3) is 10.3. The molecule has 13 heavy (non-hydrogen) atoms.